The SMILES string of the molecule is CC1=CS(=O)(=O)C(N2CCOCC2)=N1. The predicted molar refractivity (Wildman–Crippen MR) is 52.5 cm³/mol. The third-order valence-corrected chi connectivity index (χ3v) is 3.64. The van der Waals surface area contributed by atoms with Crippen molar-refractivity contribution in [2.24, 2.45) is 4.99 Å². The highest BCUT2D eigenvalue weighted by Gasteiger charge is 2.29. The van der Waals surface area contributed by atoms with Crippen LogP contribution < -0.4 is 0 Å². The van der Waals surface area contributed by atoms with Crippen LogP contribution in [0.15, 0.2) is 16.1 Å². The second-order valence-electron chi connectivity index (χ2n) is 3.30. The number of amidine groups is 1. The normalized spacial score (nSPS) is 25.9. The van der Waals surface area contributed by atoms with Gasteiger partial charge in [-0.2, -0.15) is 0 Å². The van der Waals surface area contributed by atoms with Gasteiger partial charge in [0.05, 0.1) is 24.3 Å². The van der Waals surface area contributed by atoms with Crippen molar-refractivity contribution in [1.82, 2.24) is 4.90 Å². The maximum Gasteiger partial charge on any atom is 0.234 e. The standard InChI is InChI=1S/C8H12N2O3S/c1-7-6-14(11,12)8(9-7)10-2-4-13-5-3-10/h6H,2-5H2,1H3. The highest BCUT2D eigenvalue weighted by molar-refractivity contribution is 8.09. The molecule has 0 aromatic heterocycles. The first-order chi connectivity index (χ1) is 6.59. The van der Waals surface area contributed by atoms with Crippen LogP contribution in [0.4, 0.5) is 0 Å². The van der Waals surface area contributed by atoms with Crippen LogP contribution in [0.1, 0.15) is 6.92 Å². The summed E-state index contributed by atoms with van der Waals surface area (Å²) in [6, 6.07) is 0. The molecule has 6 heteroatoms. The average molecular weight is 216 g/mol. The zero-order chi connectivity index (χ0) is 10.2. The molecular weight excluding hydrogens is 204 g/mol. The molecule has 2 aliphatic heterocycles. The van der Waals surface area contributed by atoms with Gasteiger partial charge in [0.25, 0.3) is 0 Å². The van der Waals surface area contributed by atoms with Crippen molar-refractivity contribution in [1.29, 1.82) is 0 Å². The molecule has 0 saturated carbocycles. The van der Waals surface area contributed by atoms with Crippen LogP contribution in [0.25, 0.3) is 0 Å². The quantitative estimate of drug-likeness (QED) is 0.570. The van der Waals surface area contributed by atoms with Crippen molar-refractivity contribution in [3.63, 3.8) is 0 Å². The van der Waals surface area contributed by atoms with E-state index in [1.165, 1.54) is 5.41 Å². The van der Waals surface area contributed by atoms with E-state index in [-0.39, 0.29) is 5.17 Å². The van der Waals surface area contributed by atoms with Gasteiger partial charge in [0.1, 0.15) is 0 Å². The van der Waals surface area contributed by atoms with Gasteiger partial charge in [-0.05, 0) is 6.92 Å². The van der Waals surface area contributed by atoms with Crippen molar-refractivity contribution < 1.29 is 13.2 Å². The van der Waals surface area contributed by atoms with Crippen LogP contribution in [0.2, 0.25) is 0 Å². The van der Waals surface area contributed by atoms with E-state index < -0.39 is 9.84 Å². The highest BCUT2D eigenvalue weighted by Crippen LogP contribution is 2.17. The zero-order valence-corrected chi connectivity index (χ0v) is 8.75. The lowest BCUT2D eigenvalue weighted by molar-refractivity contribution is 0.0692. The first-order valence-electron chi connectivity index (χ1n) is 4.44. The van der Waals surface area contributed by atoms with Gasteiger partial charge in [-0.25, -0.2) is 13.4 Å². The van der Waals surface area contributed by atoms with Crippen LogP contribution in [0, 0.1) is 0 Å². The molecule has 0 amide bonds. The minimum absolute atomic E-state index is 0.179. The van der Waals surface area contributed by atoms with Gasteiger partial charge in [0, 0.05) is 13.1 Å². The molecule has 2 heterocycles. The van der Waals surface area contributed by atoms with Gasteiger partial charge in [-0.15, -0.1) is 0 Å². The van der Waals surface area contributed by atoms with Crippen LogP contribution in [0.5, 0.6) is 0 Å². The zero-order valence-electron chi connectivity index (χ0n) is 7.93. The monoisotopic (exact) mass is 216 g/mol. The minimum atomic E-state index is -3.28. The third-order valence-electron chi connectivity index (χ3n) is 2.13. The van der Waals surface area contributed by atoms with Crippen LogP contribution in [0.3, 0.4) is 0 Å². The number of hydrogen-bond acceptors (Lipinski definition) is 5. The topological polar surface area (TPSA) is 59.0 Å². The molecule has 5 nitrogen and oxygen atoms in total. The lowest BCUT2D eigenvalue weighted by atomic mass is 10.5. The van der Waals surface area contributed by atoms with E-state index in [1.807, 2.05) is 0 Å². The fraction of sp³-hybridized carbons (Fsp3) is 0.625. The Kier molecular flexibility index (Phi) is 2.32. The maximum atomic E-state index is 11.6. The third kappa shape index (κ3) is 1.67. The molecule has 0 unspecified atom stereocenters. The van der Waals surface area contributed by atoms with E-state index in [1.54, 1.807) is 11.8 Å². The Morgan fingerprint density at radius 3 is 2.57 bits per heavy atom. The van der Waals surface area contributed by atoms with Gasteiger partial charge in [0.15, 0.2) is 0 Å². The Morgan fingerprint density at radius 2 is 2.07 bits per heavy atom. The fourth-order valence-electron chi connectivity index (χ4n) is 1.52. The van der Waals surface area contributed by atoms with E-state index in [9.17, 15) is 8.42 Å². The molecule has 0 aromatic carbocycles. The van der Waals surface area contributed by atoms with Crippen molar-refractivity contribution in [3.8, 4) is 0 Å². The van der Waals surface area contributed by atoms with Crippen LogP contribution in [-0.2, 0) is 14.6 Å². The number of nitrogens with zero attached hydrogens (tertiary/aromatic N) is 2. The largest absolute Gasteiger partial charge is 0.378 e. The minimum Gasteiger partial charge on any atom is -0.378 e. The fourth-order valence-corrected chi connectivity index (χ4v) is 2.94. The molecule has 1 fully saturated rings. The average Bonchev–Trinajstić information content (AvgIpc) is 2.41. The molecule has 2 aliphatic rings. The number of allylic oxidation sites excluding steroid dienone is 1. The molecule has 0 aromatic rings. The van der Waals surface area contributed by atoms with Crippen LogP contribution >= 0.6 is 0 Å². The lowest BCUT2D eigenvalue weighted by Crippen LogP contribution is -2.42. The van der Waals surface area contributed by atoms with Gasteiger partial charge in [-0.1, -0.05) is 0 Å². The van der Waals surface area contributed by atoms with E-state index in [4.69, 9.17) is 4.74 Å². The molecule has 78 valence electrons. The smallest absolute Gasteiger partial charge is 0.234 e. The molecule has 0 radical (unpaired) electrons. The number of rotatable bonds is 0. The summed E-state index contributed by atoms with van der Waals surface area (Å²) in [7, 11) is -3.28. The second kappa shape index (κ2) is 3.36. The summed E-state index contributed by atoms with van der Waals surface area (Å²) in [5.74, 6) is 0. The van der Waals surface area contributed by atoms with E-state index in [2.05, 4.69) is 4.99 Å². The second-order valence-corrected chi connectivity index (χ2v) is 4.99. The molecule has 2 rings (SSSR count). The first kappa shape index (κ1) is 9.67. The first-order valence-corrected chi connectivity index (χ1v) is 5.99. The molecule has 1 saturated heterocycles. The van der Waals surface area contributed by atoms with E-state index in [0.717, 1.165) is 0 Å². The number of ether oxygens (including phenoxy) is 1. The van der Waals surface area contributed by atoms with Crippen molar-refractivity contribution in [2.45, 2.75) is 6.92 Å². The van der Waals surface area contributed by atoms with E-state index in [0.29, 0.717) is 32.0 Å². The Morgan fingerprint density at radius 1 is 1.43 bits per heavy atom. The Hall–Kier alpha value is -0.880. The molecule has 0 aliphatic carbocycles. The van der Waals surface area contributed by atoms with Gasteiger partial charge in [-0.3, -0.25) is 0 Å². The van der Waals surface area contributed by atoms with Gasteiger partial charge < -0.3 is 9.64 Å². The number of aliphatic imine (C=N–C) groups is 1. The van der Waals surface area contributed by atoms with Crippen molar-refractivity contribution in [2.75, 3.05) is 26.3 Å². The number of morpholine rings is 1. The summed E-state index contributed by atoms with van der Waals surface area (Å²) in [5.41, 5.74) is 0.548. The lowest BCUT2D eigenvalue weighted by Gasteiger charge is -2.27. The summed E-state index contributed by atoms with van der Waals surface area (Å²) in [5, 5.41) is 1.39. The molecule has 0 bridgehead atoms. The number of sulfone groups is 1. The molecular formula is C8H12N2O3S. The molecule has 0 spiro atoms. The van der Waals surface area contributed by atoms with Gasteiger partial charge in [0.2, 0.25) is 15.0 Å². The van der Waals surface area contributed by atoms with Crippen molar-refractivity contribution >= 4 is 15.0 Å². The van der Waals surface area contributed by atoms with Gasteiger partial charge >= 0.3 is 0 Å². The molecule has 14 heavy (non-hydrogen) atoms. The van der Waals surface area contributed by atoms with E-state index >= 15 is 0 Å². The highest BCUT2D eigenvalue weighted by atomic mass is 32.2. The Bertz CT molecular complexity index is 391. The summed E-state index contributed by atoms with van der Waals surface area (Å²) in [4.78, 5) is 5.78. The summed E-state index contributed by atoms with van der Waals surface area (Å²) < 4.78 is 28.3. The predicted octanol–water partition coefficient (Wildman–Crippen LogP) is -0.0357. The number of hydrogen-bond donors (Lipinski definition) is 0. The molecule has 0 N–H and O–H groups in total. The molecule has 0 atom stereocenters. The maximum absolute atomic E-state index is 11.6. The Labute approximate surface area is 83.0 Å². The van der Waals surface area contributed by atoms with Crippen molar-refractivity contribution in [3.05, 3.63) is 11.1 Å². The summed E-state index contributed by atoms with van der Waals surface area (Å²) >= 11 is 0. The summed E-state index contributed by atoms with van der Waals surface area (Å²) in [6.07, 6.45) is 0. The summed E-state index contributed by atoms with van der Waals surface area (Å²) in [6.45, 7) is 4.00. The Balaban J connectivity index is 2.24. The van der Waals surface area contributed by atoms with Crippen LogP contribution in [-0.4, -0.2) is 44.8 Å².